The van der Waals surface area contributed by atoms with E-state index in [1.807, 2.05) is 0 Å². The van der Waals surface area contributed by atoms with Crippen molar-refractivity contribution in [1.82, 2.24) is 4.90 Å². The molecule has 3 rings (SSSR count). The maximum absolute atomic E-state index is 13.3. The lowest BCUT2D eigenvalue weighted by atomic mass is 9.86. The number of hydrogen-bond acceptors (Lipinski definition) is 2. The molecule has 0 N–H and O–H groups in total. The minimum atomic E-state index is -4.96. The predicted octanol–water partition coefficient (Wildman–Crippen LogP) is 5.23. The molecule has 2 aromatic carbocycles. The Morgan fingerprint density at radius 2 is 1.59 bits per heavy atom. The van der Waals surface area contributed by atoms with Crippen LogP contribution < -0.4 is 4.74 Å². The predicted molar refractivity (Wildman–Crippen MR) is 92.4 cm³/mol. The molecule has 0 saturated heterocycles. The van der Waals surface area contributed by atoms with Gasteiger partial charge in [-0.3, -0.25) is 4.79 Å². The summed E-state index contributed by atoms with van der Waals surface area (Å²) in [6.07, 6.45) is -9.52. The first-order chi connectivity index (χ1) is 13.4. The fourth-order valence-corrected chi connectivity index (χ4v) is 3.57. The van der Waals surface area contributed by atoms with E-state index < -0.39 is 35.4 Å². The second-order valence-corrected chi connectivity index (χ2v) is 6.77. The molecule has 29 heavy (non-hydrogen) atoms. The number of carbonyl (C=O) groups is 1. The maximum Gasteiger partial charge on any atom is 0.416 e. The van der Waals surface area contributed by atoms with Crippen LogP contribution in [0.5, 0.6) is 5.75 Å². The van der Waals surface area contributed by atoms with E-state index in [-0.39, 0.29) is 18.2 Å². The summed E-state index contributed by atoms with van der Waals surface area (Å²) in [6.45, 7) is 1.40. The van der Waals surface area contributed by atoms with Gasteiger partial charge in [0.05, 0.1) is 24.3 Å². The van der Waals surface area contributed by atoms with Crippen LogP contribution in [0.1, 0.15) is 40.8 Å². The highest BCUT2D eigenvalue weighted by Gasteiger charge is 2.39. The minimum absolute atomic E-state index is 0.0827. The van der Waals surface area contributed by atoms with Crippen molar-refractivity contribution in [1.29, 1.82) is 0 Å². The van der Waals surface area contributed by atoms with Gasteiger partial charge in [0.2, 0.25) is 5.91 Å². The first-order valence-electron chi connectivity index (χ1n) is 8.65. The first kappa shape index (κ1) is 21.0. The van der Waals surface area contributed by atoms with Gasteiger partial charge >= 0.3 is 12.4 Å². The summed E-state index contributed by atoms with van der Waals surface area (Å²) < 4.78 is 84.9. The standard InChI is InChI=1S/C20H17F6NO2/c1-11(28)27-6-5-12-9-16(29-2)3-4-17(12)18(27)13-7-14(19(21,22)23)10-15(8-13)20(24,25)26/h3-4,7-10,18H,5-6H2,1-2H3. The average Bonchev–Trinajstić information content (AvgIpc) is 2.64. The van der Waals surface area contributed by atoms with Crippen molar-refractivity contribution >= 4 is 5.91 Å². The zero-order valence-corrected chi connectivity index (χ0v) is 15.5. The van der Waals surface area contributed by atoms with Crippen molar-refractivity contribution in [3.05, 3.63) is 64.2 Å². The van der Waals surface area contributed by atoms with Gasteiger partial charge in [-0.15, -0.1) is 0 Å². The molecule has 1 atom stereocenters. The van der Waals surface area contributed by atoms with Crippen molar-refractivity contribution in [2.45, 2.75) is 31.7 Å². The second-order valence-electron chi connectivity index (χ2n) is 6.77. The number of ether oxygens (including phenoxy) is 1. The van der Waals surface area contributed by atoms with Gasteiger partial charge < -0.3 is 9.64 Å². The van der Waals surface area contributed by atoms with E-state index in [9.17, 15) is 31.1 Å². The maximum atomic E-state index is 13.3. The van der Waals surface area contributed by atoms with Crippen LogP contribution >= 0.6 is 0 Å². The Balaban J connectivity index is 2.25. The molecule has 1 unspecified atom stereocenters. The molecule has 0 fully saturated rings. The van der Waals surface area contributed by atoms with E-state index in [2.05, 4.69) is 0 Å². The number of halogens is 6. The van der Waals surface area contributed by atoms with Crippen LogP contribution in [0.15, 0.2) is 36.4 Å². The van der Waals surface area contributed by atoms with E-state index >= 15 is 0 Å². The van der Waals surface area contributed by atoms with Crippen molar-refractivity contribution < 1.29 is 35.9 Å². The van der Waals surface area contributed by atoms with Gasteiger partial charge in [0.1, 0.15) is 5.75 Å². The molecule has 0 saturated carbocycles. The monoisotopic (exact) mass is 417 g/mol. The summed E-state index contributed by atoms with van der Waals surface area (Å²) in [5.41, 5.74) is -1.89. The number of amides is 1. The molecule has 1 amide bonds. The van der Waals surface area contributed by atoms with Gasteiger partial charge in [0.15, 0.2) is 0 Å². The van der Waals surface area contributed by atoms with Gasteiger partial charge in [0.25, 0.3) is 0 Å². The second kappa shape index (κ2) is 7.27. The van der Waals surface area contributed by atoms with Crippen LogP contribution in [-0.2, 0) is 23.6 Å². The lowest BCUT2D eigenvalue weighted by Crippen LogP contribution is -2.39. The quantitative estimate of drug-likeness (QED) is 0.627. The van der Waals surface area contributed by atoms with Crippen LogP contribution in [0, 0.1) is 0 Å². The number of alkyl halides is 6. The fourth-order valence-electron chi connectivity index (χ4n) is 3.57. The molecule has 0 aromatic heterocycles. The fraction of sp³-hybridized carbons (Fsp3) is 0.350. The summed E-state index contributed by atoms with van der Waals surface area (Å²) in [4.78, 5) is 13.4. The number of benzene rings is 2. The third-order valence-corrected chi connectivity index (χ3v) is 4.91. The van der Waals surface area contributed by atoms with Gasteiger partial charge in [-0.25, -0.2) is 0 Å². The Morgan fingerprint density at radius 3 is 2.07 bits per heavy atom. The van der Waals surface area contributed by atoms with Crippen molar-refractivity contribution in [3.8, 4) is 5.75 Å². The Labute approximate surface area is 162 Å². The third-order valence-electron chi connectivity index (χ3n) is 4.91. The average molecular weight is 417 g/mol. The highest BCUT2D eigenvalue weighted by Crippen LogP contribution is 2.42. The normalized spacial score (nSPS) is 17.1. The number of fused-ring (bicyclic) bond motifs is 1. The minimum Gasteiger partial charge on any atom is -0.497 e. The molecule has 156 valence electrons. The summed E-state index contributed by atoms with van der Waals surface area (Å²) in [7, 11) is 1.45. The molecule has 9 heteroatoms. The van der Waals surface area contributed by atoms with Crippen LogP contribution in [0.2, 0.25) is 0 Å². The van der Waals surface area contributed by atoms with Crippen LogP contribution in [0.3, 0.4) is 0 Å². The molecular formula is C20H17F6NO2. The number of nitrogens with zero attached hydrogens (tertiary/aromatic N) is 1. The first-order valence-corrected chi connectivity index (χ1v) is 8.65. The van der Waals surface area contributed by atoms with E-state index in [0.29, 0.717) is 35.4 Å². The molecule has 1 aliphatic rings. The molecule has 0 aliphatic carbocycles. The highest BCUT2D eigenvalue weighted by atomic mass is 19.4. The topological polar surface area (TPSA) is 29.5 Å². The molecule has 1 heterocycles. The Morgan fingerprint density at radius 1 is 1.00 bits per heavy atom. The van der Waals surface area contributed by atoms with Crippen LogP contribution in [-0.4, -0.2) is 24.5 Å². The Hall–Kier alpha value is -2.71. The van der Waals surface area contributed by atoms with Gasteiger partial charge in [-0.2, -0.15) is 26.3 Å². The number of methoxy groups -OCH3 is 1. The molecule has 3 nitrogen and oxygen atoms in total. The number of rotatable bonds is 2. The summed E-state index contributed by atoms with van der Waals surface area (Å²) in [5.74, 6) is 0.0706. The number of hydrogen-bond donors (Lipinski definition) is 0. The largest absolute Gasteiger partial charge is 0.497 e. The molecule has 2 aromatic rings. The zero-order chi connectivity index (χ0) is 21.6. The Kier molecular flexibility index (Phi) is 5.27. The van der Waals surface area contributed by atoms with Crippen LogP contribution in [0.4, 0.5) is 26.3 Å². The van der Waals surface area contributed by atoms with E-state index in [1.54, 1.807) is 18.2 Å². The highest BCUT2D eigenvalue weighted by molar-refractivity contribution is 5.75. The molecule has 0 spiro atoms. The lowest BCUT2D eigenvalue weighted by molar-refractivity contribution is -0.143. The third kappa shape index (κ3) is 4.18. The number of carbonyl (C=O) groups excluding carboxylic acids is 1. The van der Waals surface area contributed by atoms with Crippen molar-refractivity contribution in [3.63, 3.8) is 0 Å². The Bertz CT molecular complexity index is 903. The van der Waals surface area contributed by atoms with Crippen LogP contribution in [0.25, 0.3) is 0 Å². The van der Waals surface area contributed by atoms with Crippen molar-refractivity contribution in [2.24, 2.45) is 0 Å². The van der Waals surface area contributed by atoms with Gasteiger partial charge in [0, 0.05) is 13.5 Å². The molecular weight excluding hydrogens is 400 g/mol. The van der Waals surface area contributed by atoms with Crippen molar-refractivity contribution in [2.75, 3.05) is 13.7 Å². The summed E-state index contributed by atoms with van der Waals surface area (Å²) in [5, 5.41) is 0. The SMILES string of the molecule is COc1ccc2c(c1)CCN(C(C)=O)C2c1cc(C(F)(F)F)cc(C(F)(F)F)c1. The molecule has 1 aliphatic heterocycles. The smallest absolute Gasteiger partial charge is 0.416 e. The van der Waals surface area contributed by atoms with Gasteiger partial charge in [-0.1, -0.05) is 6.07 Å². The summed E-state index contributed by atoms with van der Waals surface area (Å²) >= 11 is 0. The summed E-state index contributed by atoms with van der Waals surface area (Å²) in [6, 6.07) is 5.18. The van der Waals surface area contributed by atoms with E-state index in [1.165, 1.54) is 18.9 Å². The van der Waals surface area contributed by atoms with Gasteiger partial charge in [-0.05, 0) is 53.4 Å². The lowest BCUT2D eigenvalue weighted by Gasteiger charge is -2.37. The zero-order valence-electron chi connectivity index (χ0n) is 15.5. The molecule has 0 radical (unpaired) electrons. The molecule has 0 bridgehead atoms. The van der Waals surface area contributed by atoms with E-state index in [0.717, 1.165) is 0 Å². The van der Waals surface area contributed by atoms with E-state index in [4.69, 9.17) is 4.74 Å².